The smallest absolute Gasteiger partial charge is 0.00798 e. The summed E-state index contributed by atoms with van der Waals surface area (Å²) in [5.74, 6) is 0.742. The Balaban J connectivity index is 2.36. The Kier molecular flexibility index (Phi) is 3.64. The van der Waals surface area contributed by atoms with Gasteiger partial charge in [0.25, 0.3) is 0 Å². The SMILES string of the molecule is CCCCC(C)c1c[c]cs1. The Morgan fingerprint density at radius 3 is 3.00 bits per heavy atom. The van der Waals surface area contributed by atoms with E-state index in [0.29, 0.717) is 0 Å². The van der Waals surface area contributed by atoms with Crippen LogP contribution in [0.4, 0.5) is 0 Å². The number of rotatable bonds is 4. The van der Waals surface area contributed by atoms with E-state index in [1.807, 2.05) is 16.7 Å². The second-order valence-corrected chi connectivity index (χ2v) is 3.94. The Labute approximate surface area is 73.3 Å². The van der Waals surface area contributed by atoms with Crippen LogP contribution in [0.25, 0.3) is 0 Å². The zero-order valence-electron chi connectivity index (χ0n) is 7.26. The third-order valence-corrected chi connectivity index (χ3v) is 3.01. The molecule has 1 rings (SSSR count). The highest BCUT2D eigenvalue weighted by Gasteiger charge is 2.04. The highest BCUT2D eigenvalue weighted by molar-refractivity contribution is 7.09. The first-order valence-corrected chi connectivity index (χ1v) is 5.17. The second-order valence-electron chi connectivity index (χ2n) is 2.99. The lowest BCUT2D eigenvalue weighted by molar-refractivity contribution is 0.632. The molecule has 0 spiro atoms. The van der Waals surface area contributed by atoms with Gasteiger partial charge in [-0.1, -0.05) is 26.7 Å². The van der Waals surface area contributed by atoms with E-state index in [0.717, 1.165) is 5.92 Å². The minimum atomic E-state index is 0.742. The molecule has 1 unspecified atom stereocenters. The lowest BCUT2D eigenvalue weighted by Crippen LogP contribution is -1.88. The van der Waals surface area contributed by atoms with Crippen molar-refractivity contribution in [3.8, 4) is 0 Å². The number of thiophene rings is 1. The van der Waals surface area contributed by atoms with Gasteiger partial charge in [-0.05, 0) is 29.9 Å². The first-order chi connectivity index (χ1) is 5.34. The Morgan fingerprint density at radius 1 is 1.64 bits per heavy atom. The molecule has 0 fully saturated rings. The lowest BCUT2D eigenvalue weighted by atomic mass is 10.0. The van der Waals surface area contributed by atoms with Gasteiger partial charge in [0.1, 0.15) is 0 Å². The highest BCUT2D eigenvalue weighted by atomic mass is 32.1. The topological polar surface area (TPSA) is 0 Å². The molecule has 1 atom stereocenters. The second kappa shape index (κ2) is 4.55. The summed E-state index contributed by atoms with van der Waals surface area (Å²) < 4.78 is 0. The Hall–Kier alpha value is -0.300. The molecule has 1 aromatic rings. The zero-order chi connectivity index (χ0) is 8.10. The standard InChI is InChI=1S/C10H15S/c1-3-4-6-9(2)10-7-5-8-11-10/h7-9H,3-4,6H2,1-2H3. The van der Waals surface area contributed by atoms with Crippen LogP contribution in [-0.4, -0.2) is 0 Å². The predicted octanol–water partition coefficient (Wildman–Crippen LogP) is 3.84. The minimum absolute atomic E-state index is 0.742. The molecule has 11 heavy (non-hydrogen) atoms. The van der Waals surface area contributed by atoms with Gasteiger partial charge < -0.3 is 0 Å². The molecular formula is C10H15S. The maximum Gasteiger partial charge on any atom is 0.00798 e. The van der Waals surface area contributed by atoms with E-state index >= 15 is 0 Å². The van der Waals surface area contributed by atoms with Gasteiger partial charge >= 0.3 is 0 Å². The van der Waals surface area contributed by atoms with E-state index in [4.69, 9.17) is 0 Å². The molecule has 1 heteroatoms. The lowest BCUT2D eigenvalue weighted by Gasteiger charge is -2.06. The summed E-state index contributed by atoms with van der Waals surface area (Å²) in [6.07, 6.45) is 3.98. The molecule has 61 valence electrons. The maximum atomic E-state index is 3.11. The minimum Gasteiger partial charge on any atom is -0.148 e. The van der Waals surface area contributed by atoms with Crippen molar-refractivity contribution in [3.63, 3.8) is 0 Å². The van der Waals surface area contributed by atoms with Gasteiger partial charge in [-0.3, -0.25) is 0 Å². The first kappa shape index (κ1) is 8.79. The van der Waals surface area contributed by atoms with E-state index in [9.17, 15) is 0 Å². The summed E-state index contributed by atoms with van der Waals surface area (Å²) >= 11 is 1.83. The van der Waals surface area contributed by atoms with Gasteiger partial charge in [-0.25, -0.2) is 0 Å². The van der Waals surface area contributed by atoms with Crippen molar-refractivity contribution >= 4 is 11.3 Å². The van der Waals surface area contributed by atoms with Crippen LogP contribution in [0.3, 0.4) is 0 Å². The Bertz CT molecular complexity index is 177. The molecule has 0 saturated heterocycles. The molecule has 1 heterocycles. The van der Waals surface area contributed by atoms with Crippen LogP contribution in [-0.2, 0) is 0 Å². The summed E-state index contributed by atoms with van der Waals surface area (Å²) in [6, 6.07) is 5.22. The summed E-state index contributed by atoms with van der Waals surface area (Å²) in [5, 5.41) is 2.04. The number of hydrogen-bond acceptors (Lipinski definition) is 1. The van der Waals surface area contributed by atoms with Gasteiger partial charge in [0.15, 0.2) is 0 Å². The summed E-state index contributed by atoms with van der Waals surface area (Å²) in [7, 11) is 0. The van der Waals surface area contributed by atoms with E-state index in [-0.39, 0.29) is 0 Å². The third-order valence-electron chi connectivity index (χ3n) is 1.97. The van der Waals surface area contributed by atoms with Crippen LogP contribution >= 0.6 is 11.3 Å². The first-order valence-electron chi connectivity index (χ1n) is 4.29. The molecule has 0 aromatic carbocycles. The fourth-order valence-electron chi connectivity index (χ4n) is 1.16. The van der Waals surface area contributed by atoms with Crippen molar-refractivity contribution in [2.45, 2.75) is 39.0 Å². The Morgan fingerprint density at radius 2 is 2.45 bits per heavy atom. The van der Waals surface area contributed by atoms with Gasteiger partial charge in [-0.15, -0.1) is 11.3 Å². The quantitative estimate of drug-likeness (QED) is 0.639. The van der Waals surface area contributed by atoms with Crippen molar-refractivity contribution in [1.82, 2.24) is 0 Å². The molecule has 0 aliphatic carbocycles. The molecule has 0 saturated carbocycles. The predicted molar refractivity (Wildman–Crippen MR) is 51.1 cm³/mol. The fraction of sp³-hybridized carbons (Fsp3) is 0.600. The molecule has 0 aliphatic rings. The van der Waals surface area contributed by atoms with Crippen LogP contribution < -0.4 is 0 Å². The van der Waals surface area contributed by atoms with Gasteiger partial charge in [0.05, 0.1) is 0 Å². The largest absolute Gasteiger partial charge is 0.148 e. The number of hydrogen-bond donors (Lipinski definition) is 0. The van der Waals surface area contributed by atoms with Crippen LogP contribution in [0.15, 0.2) is 11.4 Å². The molecule has 0 bridgehead atoms. The van der Waals surface area contributed by atoms with E-state index in [1.165, 1.54) is 24.1 Å². The van der Waals surface area contributed by atoms with Crippen molar-refractivity contribution in [3.05, 3.63) is 22.4 Å². The van der Waals surface area contributed by atoms with Gasteiger partial charge in [0.2, 0.25) is 0 Å². The third kappa shape index (κ3) is 2.66. The van der Waals surface area contributed by atoms with Crippen molar-refractivity contribution in [2.75, 3.05) is 0 Å². The average molecular weight is 167 g/mol. The maximum absolute atomic E-state index is 3.11. The number of unbranched alkanes of at least 4 members (excludes halogenated alkanes) is 1. The molecular weight excluding hydrogens is 152 g/mol. The van der Waals surface area contributed by atoms with Crippen molar-refractivity contribution < 1.29 is 0 Å². The van der Waals surface area contributed by atoms with Crippen molar-refractivity contribution in [2.24, 2.45) is 0 Å². The van der Waals surface area contributed by atoms with Crippen LogP contribution in [0.1, 0.15) is 43.9 Å². The summed E-state index contributed by atoms with van der Waals surface area (Å²) in [4.78, 5) is 1.48. The molecule has 0 N–H and O–H groups in total. The monoisotopic (exact) mass is 167 g/mol. The van der Waals surface area contributed by atoms with Crippen LogP contribution in [0.5, 0.6) is 0 Å². The summed E-state index contributed by atoms with van der Waals surface area (Å²) in [5.41, 5.74) is 0. The van der Waals surface area contributed by atoms with Gasteiger partial charge in [-0.2, -0.15) is 0 Å². The van der Waals surface area contributed by atoms with Crippen LogP contribution in [0, 0.1) is 6.07 Å². The molecule has 1 aromatic heterocycles. The normalized spacial score (nSPS) is 13.3. The molecule has 0 nitrogen and oxygen atoms in total. The van der Waals surface area contributed by atoms with E-state index in [2.05, 4.69) is 26.0 Å². The van der Waals surface area contributed by atoms with E-state index in [1.54, 1.807) is 0 Å². The molecule has 0 amide bonds. The van der Waals surface area contributed by atoms with Gasteiger partial charge in [0, 0.05) is 4.88 Å². The molecule has 1 radical (unpaired) electrons. The molecule has 0 aliphatic heterocycles. The highest BCUT2D eigenvalue weighted by Crippen LogP contribution is 2.24. The van der Waals surface area contributed by atoms with Crippen molar-refractivity contribution in [1.29, 1.82) is 0 Å². The summed E-state index contributed by atoms with van der Waals surface area (Å²) in [6.45, 7) is 4.54. The fourth-order valence-corrected chi connectivity index (χ4v) is 1.92. The van der Waals surface area contributed by atoms with Crippen LogP contribution in [0.2, 0.25) is 0 Å². The van der Waals surface area contributed by atoms with E-state index < -0.39 is 0 Å². The zero-order valence-corrected chi connectivity index (χ0v) is 8.08. The average Bonchev–Trinajstić information content (AvgIpc) is 2.52.